The zero-order chi connectivity index (χ0) is 18.8. The van der Waals surface area contributed by atoms with E-state index in [9.17, 15) is 14.7 Å². The van der Waals surface area contributed by atoms with Gasteiger partial charge in [0, 0.05) is 11.6 Å². The number of methoxy groups -OCH3 is 2. The number of nitrogens with one attached hydrogen (secondary N) is 1. The summed E-state index contributed by atoms with van der Waals surface area (Å²) in [4.78, 5) is 31.1. The molecule has 2 heterocycles. The van der Waals surface area contributed by atoms with Gasteiger partial charge in [-0.15, -0.1) is 11.3 Å². The summed E-state index contributed by atoms with van der Waals surface area (Å²) in [5.74, 6) is 0.551. The summed E-state index contributed by atoms with van der Waals surface area (Å²) in [6.07, 6.45) is 3.39. The van der Waals surface area contributed by atoms with Crippen molar-refractivity contribution < 1.29 is 19.4 Å². The number of hydrogen-bond donors (Lipinski definition) is 2. The first kappa shape index (κ1) is 17.7. The third kappa shape index (κ3) is 3.18. The molecule has 0 aliphatic heterocycles. The van der Waals surface area contributed by atoms with Crippen LogP contribution in [0.1, 0.15) is 26.6 Å². The molecule has 0 aliphatic rings. The Labute approximate surface area is 152 Å². The van der Waals surface area contributed by atoms with Gasteiger partial charge in [0.05, 0.1) is 19.6 Å². The number of aryl methyl sites for hydroxylation is 1. The highest BCUT2D eigenvalue weighted by Crippen LogP contribution is 2.28. The number of nitrogens with zero attached hydrogens (tertiary/aromatic N) is 1. The number of rotatable bonds is 5. The molecule has 0 spiro atoms. The average molecular weight is 372 g/mol. The van der Waals surface area contributed by atoms with E-state index in [0.717, 1.165) is 16.9 Å². The van der Waals surface area contributed by atoms with Crippen LogP contribution in [-0.4, -0.2) is 35.3 Å². The SMILES string of the molecule is COc1ccc(/C=C/c2nc3sc(C(=O)O)c(C)c3c(=O)[nH]2)c(OC)c1. The Morgan fingerprint density at radius 1 is 1.27 bits per heavy atom. The molecule has 3 rings (SSSR count). The van der Waals surface area contributed by atoms with Gasteiger partial charge in [-0.1, -0.05) is 0 Å². The van der Waals surface area contributed by atoms with Gasteiger partial charge in [-0.2, -0.15) is 0 Å². The molecule has 0 amide bonds. The number of ether oxygens (including phenoxy) is 2. The number of aromatic amines is 1. The Bertz CT molecular complexity index is 1080. The van der Waals surface area contributed by atoms with Crippen molar-refractivity contribution in [3.8, 4) is 11.5 Å². The minimum absolute atomic E-state index is 0.121. The van der Waals surface area contributed by atoms with Gasteiger partial charge in [-0.05, 0) is 36.8 Å². The van der Waals surface area contributed by atoms with Crippen LogP contribution in [0.15, 0.2) is 23.0 Å². The quantitative estimate of drug-likeness (QED) is 0.713. The Morgan fingerprint density at radius 2 is 2.04 bits per heavy atom. The molecule has 0 atom stereocenters. The van der Waals surface area contributed by atoms with Gasteiger partial charge in [-0.3, -0.25) is 4.79 Å². The Balaban J connectivity index is 2.03. The second-order valence-corrected chi connectivity index (χ2v) is 6.43. The van der Waals surface area contributed by atoms with Crippen LogP contribution in [0.3, 0.4) is 0 Å². The van der Waals surface area contributed by atoms with Gasteiger partial charge in [0.1, 0.15) is 27.0 Å². The van der Waals surface area contributed by atoms with E-state index in [2.05, 4.69) is 9.97 Å². The van der Waals surface area contributed by atoms with Crippen LogP contribution in [0.4, 0.5) is 0 Å². The molecule has 2 N–H and O–H groups in total. The molecular weight excluding hydrogens is 356 g/mol. The van der Waals surface area contributed by atoms with E-state index in [1.807, 2.05) is 6.07 Å². The molecule has 0 radical (unpaired) electrons. The molecular formula is C18H16N2O5S. The lowest BCUT2D eigenvalue weighted by Crippen LogP contribution is -2.09. The number of aromatic nitrogens is 2. The van der Waals surface area contributed by atoms with Gasteiger partial charge in [0.25, 0.3) is 5.56 Å². The van der Waals surface area contributed by atoms with E-state index < -0.39 is 5.97 Å². The Hall–Kier alpha value is -3.13. The van der Waals surface area contributed by atoms with Crippen LogP contribution in [0.5, 0.6) is 11.5 Å². The van der Waals surface area contributed by atoms with Crippen LogP contribution < -0.4 is 15.0 Å². The second kappa shape index (κ2) is 7.01. The number of thiophene rings is 1. The number of carboxylic acids is 1. The third-order valence-corrected chi connectivity index (χ3v) is 5.05. The largest absolute Gasteiger partial charge is 0.497 e. The molecule has 3 aromatic rings. The maximum Gasteiger partial charge on any atom is 0.346 e. The number of aromatic carboxylic acids is 1. The number of benzene rings is 1. The smallest absolute Gasteiger partial charge is 0.346 e. The summed E-state index contributed by atoms with van der Waals surface area (Å²) >= 11 is 0.989. The summed E-state index contributed by atoms with van der Waals surface area (Å²) in [6.45, 7) is 1.61. The molecule has 2 aromatic heterocycles. The van der Waals surface area contributed by atoms with Crippen molar-refractivity contribution in [1.82, 2.24) is 9.97 Å². The van der Waals surface area contributed by atoms with Crippen molar-refractivity contribution in [2.75, 3.05) is 14.2 Å². The zero-order valence-electron chi connectivity index (χ0n) is 14.3. The predicted octanol–water partition coefficient (Wildman–Crippen LogP) is 3.18. The van der Waals surface area contributed by atoms with E-state index in [-0.39, 0.29) is 10.4 Å². The van der Waals surface area contributed by atoms with Crippen molar-refractivity contribution in [3.63, 3.8) is 0 Å². The molecule has 1 aromatic carbocycles. The highest BCUT2D eigenvalue weighted by Gasteiger charge is 2.18. The van der Waals surface area contributed by atoms with E-state index in [0.29, 0.717) is 33.1 Å². The number of hydrogen-bond acceptors (Lipinski definition) is 6. The van der Waals surface area contributed by atoms with Gasteiger partial charge < -0.3 is 19.6 Å². The molecule has 7 nitrogen and oxygen atoms in total. The molecule has 0 bridgehead atoms. The highest BCUT2D eigenvalue weighted by atomic mass is 32.1. The lowest BCUT2D eigenvalue weighted by atomic mass is 10.1. The average Bonchev–Trinajstić information content (AvgIpc) is 2.97. The fraction of sp³-hybridized carbons (Fsp3) is 0.167. The summed E-state index contributed by atoms with van der Waals surface area (Å²) in [5, 5.41) is 9.52. The fourth-order valence-corrected chi connectivity index (χ4v) is 3.60. The fourth-order valence-electron chi connectivity index (χ4n) is 2.57. The summed E-state index contributed by atoms with van der Waals surface area (Å²) in [5.41, 5.74) is 0.848. The van der Waals surface area contributed by atoms with Gasteiger partial charge >= 0.3 is 5.97 Å². The van der Waals surface area contributed by atoms with E-state index in [1.54, 1.807) is 45.4 Å². The second-order valence-electron chi connectivity index (χ2n) is 5.43. The monoisotopic (exact) mass is 372 g/mol. The number of carbonyl (C=O) groups is 1. The first-order valence-corrected chi connectivity index (χ1v) is 8.43. The standard InChI is InChI=1S/C18H16N2O5S/c1-9-14-16(21)19-13(20-17(14)26-15(9)18(22)23)7-5-10-4-6-11(24-2)8-12(10)25-3/h4-8H,1-3H3,(H,22,23)(H,19,20,21)/b7-5+. The number of carboxylic acid groups (broad SMARTS) is 1. The molecule has 0 aliphatic carbocycles. The van der Waals surface area contributed by atoms with Gasteiger partial charge in [-0.25, -0.2) is 9.78 Å². The van der Waals surface area contributed by atoms with E-state index >= 15 is 0 Å². The Morgan fingerprint density at radius 3 is 2.69 bits per heavy atom. The van der Waals surface area contributed by atoms with Crippen molar-refractivity contribution in [3.05, 3.63) is 50.4 Å². The maximum atomic E-state index is 12.3. The molecule has 0 unspecified atom stereocenters. The number of H-pyrrole nitrogens is 1. The number of fused-ring (bicyclic) bond motifs is 1. The third-order valence-electron chi connectivity index (χ3n) is 3.87. The normalized spacial score (nSPS) is 11.2. The lowest BCUT2D eigenvalue weighted by Gasteiger charge is -2.07. The predicted molar refractivity (Wildman–Crippen MR) is 100 cm³/mol. The topological polar surface area (TPSA) is 102 Å². The van der Waals surface area contributed by atoms with Gasteiger partial charge in [0.2, 0.25) is 0 Å². The molecule has 8 heteroatoms. The first-order chi connectivity index (χ1) is 12.4. The van der Waals surface area contributed by atoms with Crippen LogP contribution in [-0.2, 0) is 0 Å². The minimum atomic E-state index is -1.06. The van der Waals surface area contributed by atoms with E-state index in [4.69, 9.17) is 9.47 Å². The summed E-state index contributed by atoms with van der Waals surface area (Å²) in [6, 6.07) is 5.37. The Kier molecular flexibility index (Phi) is 4.77. The first-order valence-electron chi connectivity index (χ1n) is 7.61. The molecule has 26 heavy (non-hydrogen) atoms. The van der Waals surface area contributed by atoms with E-state index in [1.165, 1.54) is 0 Å². The minimum Gasteiger partial charge on any atom is -0.497 e. The van der Waals surface area contributed by atoms with Crippen molar-refractivity contribution in [1.29, 1.82) is 0 Å². The van der Waals surface area contributed by atoms with Crippen molar-refractivity contribution >= 4 is 39.7 Å². The maximum absolute atomic E-state index is 12.3. The van der Waals surface area contributed by atoms with Crippen LogP contribution >= 0.6 is 11.3 Å². The summed E-state index contributed by atoms with van der Waals surface area (Å²) < 4.78 is 10.5. The van der Waals surface area contributed by atoms with Crippen LogP contribution in [0.2, 0.25) is 0 Å². The zero-order valence-corrected chi connectivity index (χ0v) is 15.1. The summed E-state index contributed by atoms with van der Waals surface area (Å²) in [7, 11) is 3.13. The van der Waals surface area contributed by atoms with Crippen LogP contribution in [0.25, 0.3) is 22.4 Å². The lowest BCUT2D eigenvalue weighted by molar-refractivity contribution is 0.0701. The van der Waals surface area contributed by atoms with Crippen molar-refractivity contribution in [2.45, 2.75) is 6.92 Å². The van der Waals surface area contributed by atoms with Gasteiger partial charge in [0.15, 0.2) is 0 Å². The molecule has 0 saturated carbocycles. The van der Waals surface area contributed by atoms with Crippen molar-refractivity contribution in [2.24, 2.45) is 0 Å². The highest BCUT2D eigenvalue weighted by molar-refractivity contribution is 7.20. The molecule has 134 valence electrons. The molecule has 0 fully saturated rings. The molecule has 0 saturated heterocycles. The van der Waals surface area contributed by atoms with Crippen LogP contribution in [0, 0.1) is 6.92 Å².